The topological polar surface area (TPSA) is 94.1 Å². The van der Waals surface area contributed by atoms with E-state index in [1.165, 1.54) is 40.0 Å². The van der Waals surface area contributed by atoms with Gasteiger partial charge < -0.3 is 10.1 Å². The lowest BCUT2D eigenvalue weighted by Crippen LogP contribution is -2.32. The first kappa shape index (κ1) is 28.1. The third-order valence-electron chi connectivity index (χ3n) is 7.11. The smallest absolute Gasteiger partial charge is 0.280 e. The number of hydrogen-bond donors (Lipinski definition) is 1. The summed E-state index contributed by atoms with van der Waals surface area (Å²) in [5.74, 6) is -3.12. The zero-order chi connectivity index (χ0) is 28.0. The van der Waals surface area contributed by atoms with Gasteiger partial charge in [-0.2, -0.15) is 4.98 Å². The molecule has 3 heterocycles. The fourth-order valence-electron chi connectivity index (χ4n) is 4.74. The second-order valence-corrected chi connectivity index (χ2v) is 13.2. The molecule has 0 saturated carbocycles. The molecule has 3 aromatic rings. The summed E-state index contributed by atoms with van der Waals surface area (Å²) in [5.41, 5.74) is -0.945. The van der Waals surface area contributed by atoms with Crippen LogP contribution in [0.1, 0.15) is 75.0 Å². The maximum atomic E-state index is 15.5. The first-order valence-corrected chi connectivity index (χ1v) is 14.3. The number of hydrogen-bond acceptors (Lipinski definition) is 7. The molecule has 4 rings (SSSR count). The maximum absolute atomic E-state index is 15.5. The average molecular weight is 551 g/mol. The van der Waals surface area contributed by atoms with Gasteiger partial charge >= 0.3 is 0 Å². The molecule has 0 bridgehead atoms. The van der Waals surface area contributed by atoms with Crippen LogP contribution >= 0.6 is 0 Å². The van der Waals surface area contributed by atoms with Crippen LogP contribution in [0.15, 0.2) is 24.3 Å². The van der Waals surface area contributed by atoms with E-state index in [0.717, 1.165) is 11.6 Å². The quantitative estimate of drug-likeness (QED) is 0.397. The zero-order valence-corrected chi connectivity index (χ0v) is 23.2. The van der Waals surface area contributed by atoms with E-state index in [4.69, 9.17) is 4.74 Å². The van der Waals surface area contributed by atoms with Crippen LogP contribution in [0.2, 0.25) is 0 Å². The van der Waals surface area contributed by atoms with E-state index >= 15 is 13.2 Å². The molecular weight excluding hydrogens is 517 g/mol. The number of rotatable bonds is 6. The Labute approximate surface area is 221 Å². The molecule has 11 heteroatoms. The van der Waals surface area contributed by atoms with E-state index in [-0.39, 0.29) is 23.0 Å². The number of nitrogens with one attached hydrogen (secondary N) is 1. The Balaban J connectivity index is 1.75. The molecule has 0 amide bonds. The minimum atomic E-state index is -3.38. The van der Waals surface area contributed by atoms with Gasteiger partial charge in [-0.15, -0.1) is 0 Å². The van der Waals surface area contributed by atoms with Crippen LogP contribution in [0.5, 0.6) is 5.88 Å². The molecule has 0 aliphatic carbocycles. The number of benzene rings is 1. The van der Waals surface area contributed by atoms with Crippen molar-refractivity contribution in [3.05, 3.63) is 52.6 Å². The maximum Gasteiger partial charge on any atom is 0.280 e. The van der Waals surface area contributed by atoms with Crippen molar-refractivity contribution in [3.63, 3.8) is 0 Å². The molecule has 1 N–H and O–H groups in total. The molecule has 38 heavy (non-hydrogen) atoms. The number of halogens is 3. The summed E-state index contributed by atoms with van der Waals surface area (Å²) in [6.07, 6.45) is 0.884. The standard InChI is InChI=1S/C27H33F3N4O3S/c1-15(18-8-7-9-21(22(18)28)27(29,30)26(3,4)5)31-23-20-14-19(17-10-12-38(35,36)13-11-17)25(37-6)34-24(20)33-16(2)32-23/h7-9,14-15,17H,10-13H2,1-6H3,(H,31,32,33,34)/t15-/m1/s1. The second-order valence-electron chi connectivity index (χ2n) is 10.9. The molecule has 1 fully saturated rings. The van der Waals surface area contributed by atoms with Crippen molar-refractivity contribution in [2.75, 3.05) is 23.9 Å². The SMILES string of the molecule is COc1nc2nc(C)nc(N[C@H](C)c3cccc(C(F)(F)C(C)(C)C)c3F)c2cc1C1CCS(=O)(=O)CC1. The molecule has 206 valence electrons. The molecule has 1 atom stereocenters. The van der Waals surface area contributed by atoms with E-state index < -0.39 is 38.6 Å². The molecule has 1 aromatic carbocycles. The van der Waals surface area contributed by atoms with Gasteiger partial charge in [0.2, 0.25) is 5.88 Å². The first-order valence-electron chi connectivity index (χ1n) is 12.5. The Morgan fingerprint density at radius 1 is 1.11 bits per heavy atom. The highest BCUT2D eigenvalue weighted by molar-refractivity contribution is 7.91. The molecule has 2 aromatic heterocycles. The largest absolute Gasteiger partial charge is 0.481 e. The highest BCUT2D eigenvalue weighted by Gasteiger charge is 2.47. The van der Waals surface area contributed by atoms with Gasteiger partial charge in [-0.3, -0.25) is 0 Å². The molecule has 0 radical (unpaired) electrons. The van der Waals surface area contributed by atoms with Crippen molar-refractivity contribution >= 4 is 26.7 Å². The van der Waals surface area contributed by atoms with Crippen LogP contribution in [0.4, 0.5) is 19.0 Å². The number of anilines is 1. The van der Waals surface area contributed by atoms with Crippen LogP contribution in [-0.2, 0) is 15.8 Å². The molecular formula is C27H33F3N4O3S. The van der Waals surface area contributed by atoms with Crippen molar-refractivity contribution in [2.24, 2.45) is 5.41 Å². The highest BCUT2D eigenvalue weighted by Crippen LogP contribution is 2.46. The number of pyridine rings is 1. The molecule has 0 spiro atoms. The minimum absolute atomic E-state index is 0.0780. The van der Waals surface area contributed by atoms with Crippen molar-refractivity contribution in [1.29, 1.82) is 0 Å². The third-order valence-corrected chi connectivity index (χ3v) is 8.82. The predicted molar refractivity (Wildman–Crippen MR) is 141 cm³/mol. The lowest BCUT2D eigenvalue weighted by molar-refractivity contribution is -0.107. The van der Waals surface area contributed by atoms with E-state index in [1.54, 1.807) is 13.8 Å². The van der Waals surface area contributed by atoms with E-state index in [1.807, 2.05) is 6.07 Å². The van der Waals surface area contributed by atoms with Crippen LogP contribution in [0, 0.1) is 18.2 Å². The number of methoxy groups -OCH3 is 1. The number of ether oxygens (including phenoxy) is 1. The average Bonchev–Trinajstić information content (AvgIpc) is 2.82. The number of sulfone groups is 1. The van der Waals surface area contributed by atoms with E-state index in [2.05, 4.69) is 20.3 Å². The summed E-state index contributed by atoms with van der Waals surface area (Å²) in [7, 11) is -1.57. The Kier molecular flexibility index (Phi) is 7.37. The molecule has 1 saturated heterocycles. The van der Waals surface area contributed by atoms with Crippen molar-refractivity contribution in [2.45, 2.75) is 65.3 Å². The summed E-state index contributed by atoms with van der Waals surface area (Å²) < 4.78 is 75.0. The predicted octanol–water partition coefficient (Wildman–Crippen LogP) is 6.08. The number of aryl methyl sites for hydroxylation is 1. The lowest BCUT2D eigenvalue weighted by atomic mass is 9.82. The summed E-state index contributed by atoms with van der Waals surface area (Å²) in [6.45, 7) is 7.48. The summed E-state index contributed by atoms with van der Waals surface area (Å²) in [5, 5.41) is 3.71. The van der Waals surface area contributed by atoms with Gasteiger partial charge in [-0.05, 0) is 38.7 Å². The van der Waals surface area contributed by atoms with Gasteiger partial charge in [-0.25, -0.2) is 31.6 Å². The fourth-order valence-corrected chi connectivity index (χ4v) is 6.23. The van der Waals surface area contributed by atoms with Gasteiger partial charge in [0.1, 0.15) is 27.3 Å². The zero-order valence-electron chi connectivity index (χ0n) is 22.4. The Morgan fingerprint density at radius 2 is 1.76 bits per heavy atom. The fraction of sp³-hybridized carbons (Fsp3) is 0.519. The Morgan fingerprint density at radius 3 is 2.37 bits per heavy atom. The highest BCUT2D eigenvalue weighted by atomic mass is 32.2. The Hall–Kier alpha value is -2.95. The van der Waals surface area contributed by atoms with E-state index in [9.17, 15) is 8.42 Å². The number of nitrogens with zero attached hydrogens (tertiary/aromatic N) is 3. The van der Waals surface area contributed by atoms with Crippen LogP contribution in [0.3, 0.4) is 0 Å². The molecule has 1 aliphatic rings. The first-order chi connectivity index (χ1) is 17.6. The summed E-state index contributed by atoms with van der Waals surface area (Å²) in [6, 6.07) is 5.14. The van der Waals surface area contributed by atoms with Crippen LogP contribution in [-0.4, -0.2) is 42.0 Å². The minimum Gasteiger partial charge on any atom is -0.481 e. The van der Waals surface area contributed by atoms with Crippen LogP contribution in [0.25, 0.3) is 11.0 Å². The summed E-state index contributed by atoms with van der Waals surface area (Å²) >= 11 is 0. The van der Waals surface area contributed by atoms with E-state index in [0.29, 0.717) is 41.4 Å². The molecule has 1 aliphatic heterocycles. The van der Waals surface area contributed by atoms with Crippen molar-refractivity contribution in [1.82, 2.24) is 15.0 Å². The van der Waals surface area contributed by atoms with Gasteiger partial charge in [0, 0.05) is 16.5 Å². The van der Waals surface area contributed by atoms with Crippen molar-refractivity contribution < 1.29 is 26.3 Å². The van der Waals surface area contributed by atoms with Crippen molar-refractivity contribution in [3.8, 4) is 5.88 Å². The molecule has 0 unspecified atom stereocenters. The normalized spacial score (nSPS) is 17.4. The van der Waals surface area contributed by atoms with Crippen LogP contribution < -0.4 is 10.1 Å². The van der Waals surface area contributed by atoms with Gasteiger partial charge in [-0.1, -0.05) is 39.0 Å². The van der Waals surface area contributed by atoms with Gasteiger partial charge in [0.25, 0.3) is 5.92 Å². The monoisotopic (exact) mass is 550 g/mol. The number of fused-ring (bicyclic) bond motifs is 1. The lowest BCUT2D eigenvalue weighted by Gasteiger charge is -2.31. The number of alkyl halides is 2. The third kappa shape index (κ3) is 5.30. The van der Waals surface area contributed by atoms with Gasteiger partial charge in [0.05, 0.1) is 35.6 Å². The molecule has 7 nitrogen and oxygen atoms in total. The number of aromatic nitrogens is 3. The second kappa shape index (κ2) is 9.98. The van der Waals surface area contributed by atoms with Gasteiger partial charge in [0.15, 0.2) is 5.65 Å². The Bertz CT molecular complexity index is 1460. The summed E-state index contributed by atoms with van der Waals surface area (Å²) in [4.78, 5) is 13.5.